The summed E-state index contributed by atoms with van der Waals surface area (Å²) in [5, 5.41) is 0. The molecule has 2 bridgehead atoms. The zero-order chi connectivity index (χ0) is 17.9. The van der Waals surface area contributed by atoms with Crippen molar-refractivity contribution in [3.8, 4) is 5.75 Å². The summed E-state index contributed by atoms with van der Waals surface area (Å²) in [5.74, 6) is -1.37. The minimum atomic E-state index is -0.749. The number of imide groups is 1. The Morgan fingerprint density at radius 3 is 2.72 bits per heavy atom. The number of ketones is 1. The number of hydrogen-bond acceptors (Lipinski definition) is 5. The van der Waals surface area contributed by atoms with Crippen LogP contribution in [-0.4, -0.2) is 35.9 Å². The number of carbonyl (C=O) groups is 3. The van der Waals surface area contributed by atoms with Crippen LogP contribution >= 0.6 is 0 Å². The molecule has 3 aliphatic heterocycles. The first kappa shape index (κ1) is 16.0. The van der Waals surface area contributed by atoms with Gasteiger partial charge in [-0.2, -0.15) is 0 Å². The Balaban J connectivity index is 1.80. The molecule has 6 nitrogen and oxygen atoms in total. The zero-order valence-electron chi connectivity index (χ0n) is 14.3. The topological polar surface area (TPSA) is 72.9 Å². The molecule has 2 amide bonds. The third kappa shape index (κ3) is 2.10. The van der Waals surface area contributed by atoms with Gasteiger partial charge in [-0.3, -0.25) is 14.4 Å². The normalized spacial score (nSPS) is 32.4. The standard InChI is InChI=1S/C19H19NO5/c1-4-24-13-6-5-11(10(2)21)9-12(13)20-17(22)15-14-7-8-19(3,25-14)16(15)18(20)23/h5-9,14-16H,4H2,1-3H3/t14-,15+,16+,19+/m1/s1. The van der Waals surface area contributed by atoms with Gasteiger partial charge in [0, 0.05) is 5.56 Å². The number of rotatable bonds is 4. The van der Waals surface area contributed by atoms with E-state index in [0.717, 1.165) is 0 Å². The van der Waals surface area contributed by atoms with Crippen LogP contribution in [0.2, 0.25) is 0 Å². The predicted octanol–water partition coefficient (Wildman–Crippen LogP) is 2.12. The molecule has 0 radical (unpaired) electrons. The van der Waals surface area contributed by atoms with Crippen molar-refractivity contribution in [2.75, 3.05) is 11.5 Å². The summed E-state index contributed by atoms with van der Waals surface area (Å²) in [6, 6.07) is 4.83. The molecule has 2 saturated heterocycles. The molecule has 0 N–H and O–H groups in total. The number of anilines is 1. The first-order valence-electron chi connectivity index (χ1n) is 8.40. The van der Waals surface area contributed by atoms with E-state index in [1.807, 2.05) is 26.0 Å². The van der Waals surface area contributed by atoms with Gasteiger partial charge in [-0.1, -0.05) is 12.2 Å². The second-order valence-electron chi connectivity index (χ2n) is 6.81. The Bertz CT molecular complexity index is 829. The molecule has 25 heavy (non-hydrogen) atoms. The van der Waals surface area contributed by atoms with E-state index in [4.69, 9.17) is 9.47 Å². The fraction of sp³-hybridized carbons (Fsp3) is 0.421. The van der Waals surface area contributed by atoms with Crippen molar-refractivity contribution in [2.45, 2.75) is 32.5 Å². The molecule has 130 valence electrons. The average Bonchev–Trinajstić information content (AvgIpc) is 3.17. The number of fused-ring (bicyclic) bond motifs is 5. The van der Waals surface area contributed by atoms with Gasteiger partial charge in [-0.15, -0.1) is 0 Å². The second-order valence-corrected chi connectivity index (χ2v) is 6.81. The first-order chi connectivity index (χ1) is 11.9. The molecule has 2 fully saturated rings. The molecule has 4 rings (SSSR count). The monoisotopic (exact) mass is 341 g/mol. The number of hydrogen-bond donors (Lipinski definition) is 0. The van der Waals surface area contributed by atoms with Gasteiger partial charge in [0.2, 0.25) is 11.8 Å². The minimum Gasteiger partial charge on any atom is -0.492 e. The van der Waals surface area contributed by atoms with E-state index in [1.165, 1.54) is 11.8 Å². The number of ether oxygens (including phenoxy) is 2. The quantitative estimate of drug-likeness (QED) is 0.476. The molecule has 0 aromatic heterocycles. The van der Waals surface area contributed by atoms with Crippen LogP contribution in [0.5, 0.6) is 5.75 Å². The van der Waals surface area contributed by atoms with E-state index >= 15 is 0 Å². The second kappa shape index (κ2) is 5.26. The van der Waals surface area contributed by atoms with Crippen molar-refractivity contribution in [3.63, 3.8) is 0 Å². The van der Waals surface area contributed by atoms with Crippen LogP contribution in [0.15, 0.2) is 30.4 Å². The summed E-state index contributed by atoms with van der Waals surface area (Å²) in [4.78, 5) is 39.0. The SMILES string of the molecule is CCOc1ccc(C(C)=O)cc1N1C(=O)[C@@H]2[C@@H](C1=O)[C@]1(C)C=C[C@H]2O1. The number of nitrogens with zero attached hydrogens (tertiary/aromatic N) is 1. The maximum Gasteiger partial charge on any atom is 0.241 e. The lowest BCUT2D eigenvalue weighted by Crippen LogP contribution is -2.38. The van der Waals surface area contributed by atoms with Gasteiger partial charge in [-0.05, 0) is 39.0 Å². The lowest BCUT2D eigenvalue weighted by atomic mass is 9.78. The first-order valence-corrected chi connectivity index (χ1v) is 8.40. The van der Waals surface area contributed by atoms with E-state index in [0.29, 0.717) is 23.6 Å². The smallest absolute Gasteiger partial charge is 0.241 e. The lowest BCUT2D eigenvalue weighted by Gasteiger charge is -2.25. The number of benzene rings is 1. The number of carbonyl (C=O) groups excluding carboxylic acids is 3. The Hall–Kier alpha value is -2.47. The van der Waals surface area contributed by atoms with Crippen LogP contribution in [0, 0.1) is 11.8 Å². The molecular weight excluding hydrogens is 322 g/mol. The van der Waals surface area contributed by atoms with Crippen molar-refractivity contribution < 1.29 is 23.9 Å². The molecule has 1 aromatic rings. The lowest BCUT2D eigenvalue weighted by molar-refractivity contribution is -0.126. The Morgan fingerprint density at radius 2 is 2.08 bits per heavy atom. The number of amides is 2. The van der Waals surface area contributed by atoms with Crippen LogP contribution < -0.4 is 9.64 Å². The fourth-order valence-electron chi connectivity index (χ4n) is 4.08. The fourth-order valence-corrected chi connectivity index (χ4v) is 4.08. The van der Waals surface area contributed by atoms with E-state index in [-0.39, 0.29) is 23.7 Å². The van der Waals surface area contributed by atoms with Gasteiger partial charge in [0.15, 0.2) is 5.78 Å². The molecule has 0 spiro atoms. The van der Waals surface area contributed by atoms with Crippen LogP contribution in [0.1, 0.15) is 31.1 Å². The summed E-state index contributed by atoms with van der Waals surface area (Å²) in [5.41, 5.74) is 0.0162. The highest BCUT2D eigenvalue weighted by Gasteiger charge is 2.66. The molecular formula is C19H19NO5. The third-order valence-corrected chi connectivity index (χ3v) is 5.24. The van der Waals surface area contributed by atoms with E-state index in [9.17, 15) is 14.4 Å². The maximum atomic E-state index is 13.1. The van der Waals surface area contributed by atoms with Crippen molar-refractivity contribution >= 4 is 23.3 Å². The molecule has 0 saturated carbocycles. The van der Waals surface area contributed by atoms with Gasteiger partial charge in [0.25, 0.3) is 0 Å². The van der Waals surface area contributed by atoms with Crippen molar-refractivity contribution in [3.05, 3.63) is 35.9 Å². The van der Waals surface area contributed by atoms with Gasteiger partial charge in [-0.25, -0.2) is 4.90 Å². The highest BCUT2D eigenvalue weighted by atomic mass is 16.5. The van der Waals surface area contributed by atoms with E-state index < -0.39 is 17.4 Å². The molecule has 1 aromatic carbocycles. The highest BCUT2D eigenvalue weighted by Crippen LogP contribution is 2.53. The Morgan fingerprint density at radius 1 is 1.32 bits per heavy atom. The number of Topliss-reactive ketones (excluding diaryl/α,β-unsaturated/α-hetero) is 1. The van der Waals surface area contributed by atoms with Gasteiger partial charge in [0.1, 0.15) is 5.75 Å². The minimum absolute atomic E-state index is 0.138. The maximum absolute atomic E-state index is 13.1. The van der Waals surface area contributed by atoms with Crippen LogP contribution in [0.3, 0.4) is 0 Å². The van der Waals surface area contributed by atoms with Crippen LogP contribution in [0.4, 0.5) is 5.69 Å². The Labute approximate surface area is 145 Å². The van der Waals surface area contributed by atoms with Crippen molar-refractivity contribution in [1.82, 2.24) is 0 Å². The highest BCUT2D eigenvalue weighted by molar-refractivity contribution is 6.24. The Kier molecular flexibility index (Phi) is 3.37. The summed E-state index contributed by atoms with van der Waals surface area (Å²) < 4.78 is 11.4. The molecule has 0 aliphatic carbocycles. The van der Waals surface area contributed by atoms with Crippen molar-refractivity contribution in [1.29, 1.82) is 0 Å². The average molecular weight is 341 g/mol. The largest absolute Gasteiger partial charge is 0.492 e. The predicted molar refractivity (Wildman–Crippen MR) is 89.5 cm³/mol. The molecule has 0 unspecified atom stereocenters. The zero-order valence-corrected chi connectivity index (χ0v) is 14.3. The van der Waals surface area contributed by atoms with Crippen LogP contribution in [-0.2, 0) is 14.3 Å². The molecule has 3 aliphatic rings. The summed E-state index contributed by atoms with van der Waals surface area (Å²) in [6.45, 7) is 5.49. The summed E-state index contributed by atoms with van der Waals surface area (Å²) in [7, 11) is 0. The van der Waals surface area contributed by atoms with Gasteiger partial charge < -0.3 is 9.47 Å². The van der Waals surface area contributed by atoms with Gasteiger partial charge in [0.05, 0.1) is 35.8 Å². The van der Waals surface area contributed by atoms with Gasteiger partial charge >= 0.3 is 0 Å². The molecule has 4 atom stereocenters. The summed E-state index contributed by atoms with van der Waals surface area (Å²) >= 11 is 0. The third-order valence-electron chi connectivity index (χ3n) is 5.24. The molecule has 3 heterocycles. The van der Waals surface area contributed by atoms with E-state index in [1.54, 1.807) is 18.2 Å². The molecule has 6 heteroatoms. The van der Waals surface area contributed by atoms with E-state index in [2.05, 4.69) is 0 Å². The van der Waals surface area contributed by atoms with Crippen LogP contribution in [0.25, 0.3) is 0 Å². The summed E-state index contributed by atoms with van der Waals surface area (Å²) in [6.07, 6.45) is 3.34. The van der Waals surface area contributed by atoms with Crippen molar-refractivity contribution in [2.24, 2.45) is 11.8 Å².